The van der Waals surface area contributed by atoms with Crippen molar-refractivity contribution in [1.29, 1.82) is 0 Å². The minimum absolute atomic E-state index is 0.0193. The maximum Gasteiger partial charge on any atom is 0.241 e. The van der Waals surface area contributed by atoms with E-state index in [-0.39, 0.29) is 13.2 Å². The molecule has 2 aromatic rings. The van der Waals surface area contributed by atoms with Crippen LogP contribution in [0.2, 0.25) is 5.02 Å². The van der Waals surface area contributed by atoms with Crippen molar-refractivity contribution in [3.63, 3.8) is 0 Å². The Balaban J connectivity index is 1.53. The van der Waals surface area contributed by atoms with Crippen LogP contribution in [0.5, 0.6) is 11.5 Å². The van der Waals surface area contributed by atoms with E-state index < -0.39 is 33.3 Å². The number of sulfonamides is 1. The molecule has 2 aliphatic heterocycles. The quantitative estimate of drug-likeness (QED) is 0.669. The second kappa shape index (κ2) is 7.16. The molecule has 0 saturated heterocycles. The summed E-state index contributed by atoms with van der Waals surface area (Å²) in [5.41, 5.74) is 6.33. The van der Waals surface area contributed by atoms with Crippen molar-refractivity contribution in [2.24, 2.45) is 5.73 Å². The summed E-state index contributed by atoms with van der Waals surface area (Å²) in [4.78, 5) is 11.8. The zero-order valence-corrected chi connectivity index (χ0v) is 16.2. The number of fused-ring (bicyclic) bond motifs is 2. The SMILES string of the molecule is NC(=O)C1Nc2ccc(Cl)cc2C1S(=O)(=O)NCC1COc2ccccc2O1. The van der Waals surface area contributed by atoms with E-state index in [1.807, 2.05) is 6.07 Å². The lowest BCUT2D eigenvalue weighted by atomic mass is 10.1. The van der Waals surface area contributed by atoms with Crippen molar-refractivity contribution in [3.8, 4) is 11.5 Å². The Morgan fingerprint density at radius 1 is 1.25 bits per heavy atom. The molecule has 0 aliphatic carbocycles. The van der Waals surface area contributed by atoms with E-state index in [1.165, 1.54) is 6.07 Å². The molecule has 0 bridgehead atoms. The van der Waals surface area contributed by atoms with Gasteiger partial charge in [-0.1, -0.05) is 23.7 Å². The number of nitrogens with one attached hydrogen (secondary N) is 2. The number of ether oxygens (including phenoxy) is 2. The first-order valence-corrected chi connectivity index (χ1v) is 10.5. The van der Waals surface area contributed by atoms with Crippen LogP contribution in [-0.2, 0) is 14.8 Å². The maximum atomic E-state index is 13.0. The van der Waals surface area contributed by atoms with Crippen molar-refractivity contribution < 1.29 is 22.7 Å². The van der Waals surface area contributed by atoms with Gasteiger partial charge in [-0.3, -0.25) is 4.79 Å². The van der Waals surface area contributed by atoms with E-state index in [0.29, 0.717) is 27.8 Å². The summed E-state index contributed by atoms with van der Waals surface area (Å²) in [5, 5.41) is 2.03. The van der Waals surface area contributed by atoms with E-state index in [1.54, 1.807) is 30.3 Å². The predicted octanol–water partition coefficient (Wildman–Crippen LogP) is 1.42. The van der Waals surface area contributed by atoms with Gasteiger partial charge in [0.2, 0.25) is 15.9 Å². The molecule has 0 spiro atoms. The molecule has 2 aromatic carbocycles. The average molecular weight is 424 g/mol. The van der Waals surface area contributed by atoms with Crippen molar-refractivity contribution in [2.45, 2.75) is 17.4 Å². The summed E-state index contributed by atoms with van der Waals surface area (Å²) < 4.78 is 39.9. The summed E-state index contributed by atoms with van der Waals surface area (Å²) >= 11 is 6.02. The molecule has 8 nitrogen and oxygen atoms in total. The number of hydrogen-bond acceptors (Lipinski definition) is 6. The summed E-state index contributed by atoms with van der Waals surface area (Å²) in [6.07, 6.45) is -0.509. The van der Waals surface area contributed by atoms with Gasteiger partial charge in [0.1, 0.15) is 24.0 Å². The first-order valence-electron chi connectivity index (χ1n) is 8.57. The highest BCUT2D eigenvalue weighted by molar-refractivity contribution is 7.89. The molecule has 2 heterocycles. The highest BCUT2D eigenvalue weighted by Gasteiger charge is 2.44. The molecule has 148 valence electrons. The van der Waals surface area contributed by atoms with Crippen LogP contribution in [0.25, 0.3) is 0 Å². The molecule has 3 atom stereocenters. The van der Waals surface area contributed by atoms with E-state index >= 15 is 0 Å². The Labute approximate surface area is 167 Å². The molecule has 1 amide bonds. The first kappa shape index (κ1) is 18.9. The van der Waals surface area contributed by atoms with Gasteiger partial charge in [0, 0.05) is 10.7 Å². The lowest BCUT2D eigenvalue weighted by Crippen LogP contribution is -2.46. The standard InChI is InChI=1S/C18H18ClN3O5S/c19-10-5-6-13-12(7-10)17(16(22-13)18(20)23)28(24,25)21-8-11-9-26-14-3-1-2-4-15(14)27-11/h1-7,11,16-17,21-22H,8-9H2,(H2,20,23). The highest BCUT2D eigenvalue weighted by atomic mass is 35.5. The van der Waals surface area contributed by atoms with Gasteiger partial charge in [0.25, 0.3) is 0 Å². The second-order valence-corrected chi connectivity index (χ2v) is 8.89. The number of benzene rings is 2. The van der Waals surface area contributed by atoms with Crippen LogP contribution in [0.4, 0.5) is 5.69 Å². The summed E-state index contributed by atoms with van der Waals surface area (Å²) in [5.74, 6) is 0.389. The topological polar surface area (TPSA) is 120 Å². The Hall–Kier alpha value is -2.49. The number of para-hydroxylation sites is 2. The molecule has 4 rings (SSSR count). The van der Waals surface area contributed by atoms with Gasteiger partial charge in [0.05, 0.1) is 6.54 Å². The fourth-order valence-electron chi connectivity index (χ4n) is 3.35. The zero-order chi connectivity index (χ0) is 19.9. The minimum atomic E-state index is -3.97. The number of hydrogen-bond donors (Lipinski definition) is 3. The minimum Gasteiger partial charge on any atom is -0.486 e. The van der Waals surface area contributed by atoms with Gasteiger partial charge in [-0.05, 0) is 35.9 Å². The fraction of sp³-hybridized carbons (Fsp3) is 0.278. The molecular formula is C18H18ClN3O5S. The summed E-state index contributed by atoms with van der Waals surface area (Å²) in [6.45, 7) is 0.179. The van der Waals surface area contributed by atoms with Crippen LogP contribution in [0.1, 0.15) is 10.8 Å². The number of carbonyl (C=O) groups is 1. The fourth-order valence-corrected chi connectivity index (χ4v) is 5.22. The number of primary amides is 1. The van der Waals surface area contributed by atoms with Crippen molar-refractivity contribution in [3.05, 3.63) is 53.1 Å². The molecule has 0 fully saturated rings. The van der Waals surface area contributed by atoms with E-state index in [0.717, 1.165) is 0 Å². The van der Waals surface area contributed by atoms with E-state index in [4.69, 9.17) is 26.8 Å². The van der Waals surface area contributed by atoms with Gasteiger partial charge in [-0.2, -0.15) is 0 Å². The average Bonchev–Trinajstić information content (AvgIpc) is 3.06. The van der Waals surface area contributed by atoms with E-state index in [2.05, 4.69) is 10.0 Å². The predicted molar refractivity (Wildman–Crippen MR) is 104 cm³/mol. The highest BCUT2D eigenvalue weighted by Crippen LogP contribution is 2.40. The van der Waals surface area contributed by atoms with Gasteiger partial charge >= 0.3 is 0 Å². The molecular weight excluding hydrogens is 406 g/mol. The number of anilines is 1. The van der Waals surface area contributed by atoms with Crippen LogP contribution in [0.15, 0.2) is 42.5 Å². The smallest absolute Gasteiger partial charge is 0.241 e. The molecule has 10 heteroatoms. The number of nitrogens with two attached hydrogens (primary N) is 1. The monoisotopic (exact) mass is 423 g/mol. The summed E-state index contributed by atoms with van der Waals surface area (Å²) in [7, 11) is -3.97. The van der Waals surface area contributed by atoms with Gasteiger partial charge in [-0.15, -0.1) is 0 Å². The zero-order valence-electron chi connectivity index (χ0n) is 14.6. The third-order valence-corrected chi connectivity index (χ3v) is 6.65. The summed E-state index contributed by atoms with van der Waals surface area (Å²) in [6, 6.07) is 10.8. The van der Waals surface area contributed by atoms with Crippen molar-refractivity contribution in [1.82, 2.24) is 4.72 Å². The third kappa shape index (κ3) is 3.48. The third-order valence-electron chi connectivity index (χ3n) is 4.65. The first-order chi connectivity index (χ1) is 13.3. The van der Waals surface area contributed by atoms with Crippen LogP contribution in [0, 0.1) is 0 Å². The largest absolute Gasteiger partial charge is 0.486 e. The molecule has 0 saturated carbocycles. The number of halogens is 1. The molecule has 4 N–H and O–H groups in total. The second-order valence-electron chi connectivity index (χ2n) is 6.57. The van der Waals surface area contributed by atoms with Crippen LogP contribution >= 0.6 is 11.6 Å². The lowest BCUT2D eigenvalue weighted by molar-refractivity contribution is -0.118. The van der Waals surface area contributed by atoms with Crippen molar-refractivity contribution in [2.75, 3.05) is 18.5 Å². The van der Waals surface area contributed by atoms with Crippen molar-refractivity contribution >= 4 is 33.2 Å². The Morgan fingerprint density at radius 2 is 2.00 bits per heavy atom. The number of carbonyl (C=O) groups excluding carboxylic acids is 1. The molecule has 0 aromatic heterocycles. The van der Waals surface area contributed by atoms with Crippen LogP contribution in [0.3, 0.4) is 0 Å². The van der Waals surface area contributed by atoms with E-state index in [9.17, 15) is 13.2 Å². The Bertz CT molecular complexity index is 1030. The van der Waals surface area contributed by atoms with Gasteiger partial charge in [0.15, 0.2) is 11.5 Å². The number of rotatable bonds is 5. The van der Waals surface area contributed by atoms with Crippen LogP contribution < -0.4 is 25.2 Å². The van der Waals surface area contributed by atoms with Gasteiger partial charge in [-0.25, -0.2) is 13.1 Å². The lowest BCUT2D eigenvalue weighted by Gasteiger charge is -2.27. The normalized spacial score (nSPS) is 23.0. The Kier molecular flexibility index (Phi) is 4.82. The Morgan fingerprint density at radius 3 is 2.75 bits per heavy atom. The molecule has 2 aliphatic rings. The maximum absolute atomic E-state index is 13.0. The van der Waals surface area contributed by atoms with Crippen LogP contribution in [-0.4, -0.2) is 39.6 Å². The molecule has 0 radical (unpaired) electrons. The van der Waals surface area contributed by atoms with Gasteiger partial charge < -0.3 is 20.5 Å². The number of amides is 1. The molecule has 28 heavy (non-hydrogen) atoms. The molecule has 3 unspecified atom stereocenters.